The number of nitro benzene ring substituents is 1. The van der Waals surface area contributed by atoms with Crippen LogP contribution >= 0.6 is 0 Å². The summed E-state index contributed by atoms with van der Waals surface area (Å²) in [6, 6.07) is 11.0. The number of carbonyl (C=O) groups excluding carboxylic acids is 1. The third-order valence-electron chi connectivity index (χ3n) is 7.20. The molecule has 20 heteroatoms. The number of phenolic OH excluding ortho intramolecular Hbond substituents is 6. The van der Waals surface area contributed by atoms with Crippen molar-refractivity contribution >= 4 is 29.6 Å². The van der Waals surface area contributed by atoms with Gasteiger partial charge in [-0.2, -0.15) is 5.26 Å². The van der Waals surface area contributed by atoms with E-state index < -0.39 is 51.5 Å². The number of aromatic hydroxyl groups is 6. The largest absolute Gasteiger partial charge is 0.504 e. The molecule has 1 amide bonds. The summed E-state index contributed by atoms with van der Waals surface area (Å²) in [7, 11) is 0. The van der Waals surface area contributed by atoms with Crippen LogP contribution in [0.1, 0.15) is 37.5 Å². The summed E-state index contributed by atoms with van der Waals surface area (Å²) in [5, 5.41) is 92.7. The fourth-order valence-electron chi connectivity index (χ4n) is 4.15. The Labute approximate surface area is 302 Å². The van der Waals surface area contributed by atoms with Gasteiger partial charge in [0.1, 0.15) is 23.2 Å². The number of likely N-dealkylation sites (N-methyl/N-ethyl adjacent to an activating group) is 1. The predicted octanol–water partition coefficient (Wildman–Crippen LogP) is 0.956. The number of hydrazine groups is 1. The van der Waals surface area contributed by atoms with Crippen LogP contribution < -0.4 is 17.0 Å². The quantitative estimate of drug-likeness (QED) is 0.0307. The van der Waals surface area contributed by atoms with Crippen LogP contribution in [0.25, 0.3) is 6.08 Å². The Balaban J connectivity index is 0.000000781. The molecule has 288 valence electrons. The molecule has 3 aromatic carbocycles. The first-order valence-electron chi connectivity index (χ1n) is 15.1. The Morgan fingerprint density at radius 2 is 1.43 bits per heavy atom. The Morgan fingerprint density at radius 1 is 0.925 bits per heavy atom. The van der Waals surface area contributed by atoms with E-state index in [2.05, 4.69) is 5.43 Å². The molecule has 0 saturated heterocycles. The minimum absolute atomic E-state index is 0. The fourth-order valence-corrected chi connectivity index (χ4v) is 4.15. The number of carboxylic acids is 2. The average Bonchev–Trinajstić information content (AvgIpc) is 3.09. The summed E-state index contributed by atoms with van der Waals surface area (Å²) in [6.07, 6.45) is 1.34. The lowest BCUT2D eigenvalue weighted by atomic mass is 9.93. The summed E-state index contributed by atoms with van der Waals surface area (Å²) in [5.41, 5.74) is 6.45. The highest BCUT2D eigenvalue weighted by atomic mass is 16.6. The number of nitro groups is 1. The van der Waals surface area contributed by atoms with Crippen molar-refractivity contribution in [3.63, 3.8) is 0 Å². The van der Waals surface area contributed by atoms with Crippen molar-refractivity contribution in [2.45, 2.75) is 45.2 Å². The van der Waals surface area contributed by atoms with E-state index in [1.165, 1.54) is 48.2 Å². The van der Waals surface area contributed by atoms with Crippen LogP contribution in [-0.4, -0.2) is 98.7 Å². The number of hydrogen-bond acceptors (Lipinski definition) is 15. The van der Waals surface area contributed by atoms with Gasteiger partial charge in [0.2, 0.25) is 5.75 Å². The number of nitrogens with two attached hydrogens (primary N) is 2. The second-order valence-electron chi connectivity index (χ2n) is 11.1. The molecular weight excluding hydrogens is 704 g/mol. The molecule has 53 heavy (non-hydrogen) atoms. The van der Waals surface area contributed by atoms with Gasteiger partial charge in [-0.05, 0) is 80.3 Å². The van der Waals surface area contributed by atoms with Gasteiger partial charge in [-0.25, -0.2) is 5.43 Å². The fraction of sp³-hybridized carbons (Fsp3) is 0.273. The number of nitrogens with zero attached hydrogens (tertiary/aromatic N) is 3. The van der Waals surface area contributed by atoms with Gasteiger partial charge in [0, 0.05) is 25.6 Å². The van der Waals surface area contributed by atoms with Crippen LogP contribution in [0, 0.1) is 21.4 Å². The van der Waals surface area contributed by atoms with Gasteiger partial charge in [-0.15, -0.1) is 0 Å². The van der Waals surface area contributed by atoms with Crippen molar-refractivity contribution < 1.29 is 65.6 Å². The van der Waals surface area contributed by atoms with Crippen LogP contribution in [0.4, 0.5) is 5.69 Å². The molecule has 0 aliphatic carbocycles. The van der Waals surface area contributed by atoms with Crippen LogP contribution in [0.5, 0.6) is 34.5 Å². The van der Waals surface area contributed by atoms with E-state index in [0.717, 1.165) is 18.2 Å². The molecule has 0 fully saturated rings. The SMILES string of the molecule is CCN(CC)C(=O)/C(C#N)=C/c1cc(O)c(O)c([N+](=O)[O-])c1.C[C@@](Cc1ccc(O)c(O)c1)(NN)C(=O)O.N[C@@H](Cc1ccc(O)c(O)c1)C(=O)O.O. The van der Waals surface area contributed by atoms with Crippen LogP contribution in [0.3, 0.4) is 0 Å². The molecule has 0 aliphatic heterocycles. The molecule has 0 saturated carbocycles. The second-order valence-corrected chi connectivity index (χ2v) is 11.1. The molecule has 3 rings (SSSR count). The Kier molecular flexibility index (Phi) is 18.3. The zero-order chi connectivity index (χ0) is 39.9. The molecule has 2 atom stereocenters. The summed E-state index contributed by atoms with van der Waals surface area (Å²) in [6.45, 7) is 5.77. The lowest BCUT2D eigenvalue weighted by Gasteiger charge is -2.23. The van der Waals surface area contributed by atoms with Crippen LogP contribution in [0.2, 0.25) is 0 Å². The number of benzene rings is 3. The van der Waals surface area contributed by atoms with Crippen LogP contribution in [-0.2, 0) is 27.2 Å². The lowest BCUT2D eigenvalue weighted by Crippen LogP contribution is -2.54. The van der Waals surface area contributed by atoms with Crippen molar-refractivity contribution in [1.29, 1.82) is 5.26 Å². The molecule has 0 aliphatic rings. The predicted molar refractivity (Wildman–Crippen MR) is 187 cm³/mol. The number of carbonyl (C=O) groups is 3. The highest BCUT2D eigenvalue weighted by molar-refractivity contribution is 6.01. The number of aliphatic carboxylic acids is 2. The van der Waals surface area contributed by atoms with Gasteiger partial charge in [-0.1, -0.05) is 12.1 Å². The number of rotatable bonds is 12. The van der Waals surface area contributed by atoms with E-state index in [0.29, 0.717) is 24.2 Å². The van der Waals surface area contributed by atoms with E-state index in [-0.39, 0.29) is 52.5 Å². The first kappa shape index (κ1) is 46.3. The molecule has 20 nitrogen and oxygen atoms in total. The first-order chi connectivity index (χ1) is 24.2. The Morgan fingerprint density at radius 3 is 1.85 bits per heavy atom. The van der Waals surface area contributed by atoms with Crippen molar-refractivity contribution in [2.75, 3.05) is 13.1 Å². The summed E-state index contributed by atoms with van der Waals surface area (Å²) >= 11 is 0. The molecule has 0 spiro atoms. The van der Waals surface area contributed by atoms with Gasteiger partial charge in [-0.3, -0.25) is 30.3 Å². The van der Waals surface area contributed by atoms with Gasteiger partial charge < -0.3 is 57.0 Å². The van der Waals surface area contributed by atoms with Gasteiger partial charge in [0.25, 0.3) is 5.91 Å². The van der Waals surface area contributed by atoms with Gasteiger partial charge >= 0.3 is 17.6 Å². The third kappa shape index (κ3) is 13.5. The molecule has 3 aromatic rings. The molecule has 0 radical (unpaired) electrons. The maximum atomic E-state index is 12.1. The van der Waals surface area contributed by atoms with E-state index in [1.807, 2.05) is 0 Å². The van der Waals surface area contributed by atoms with Crippen molar-refractivity contribution in [3.05, 3.63) is 80.9 Å². The number of carboxylic acid groups (broad SMARTS) is 2. The zero-order valence-electron chi connectivity index (χ0n) is 28.7. The highest BCUT2D eigenvalue weighted by Gasteiger charge is 2.32. The topological polar surface area (TPSA) is 379 Å². The standard InChI is InChI=1S/C14H15N3O5.C10H14N2O4.C9H11NO4.H2O/c1-3-16(4-2)14(20)10(8-15)5-9-6-11(17(21)22)13(19)12(18)7-9;1-10(12-11,9(15)16)5-6-2-3-7(13)8(14)4-6;10-6(9(13)14)3-5-1-2-7(11)8(12)4-5;/h5-7,18-19H,3-4H2,1-2H3;2-4,12-14H,5,11H2,1H3,(H,15,16);1-2,4,6,11-12H,3,10H2,(H,13,14);1H2/b10-5+;;;/t;10-;6-;/m.00./s1. The lowest BCUT2D eigenvalue weighted by molar-refractivity contribution is -0.386. The third-order valence-corrected chi connectivity index (χ3v) is 7.20. The smallest absolute Gasteiger partial charge is 0.325 e. The molecule has 0 bridgehead atoms. The second kappa shape index (κ2) is 20.9. The monoisotopic (exact) mass is 746 g/mol. The van der Waals surface area contributed by atoms with Gasteiger partial charge in [0.15, 0.2) is 28.7 Å². The van der Waals surface area contributed by atoms with Gasteiger partial charge in [0.05, 0.1) is 4.92 Å². The Hall–Kier alpha value is -6.66. The minimum atomic E-state index is -1.32. The maximum absolute atomic E-state index is 12.1. The van der Waals surface area contributed by atoms with E-state index in [9.17, 15) is 39.8 Å². The Bertz CT molecular complexity index is 1840. The molecular formula is C33H42N6O14. The molecule has 0 aromatic heterocycles. The van der Waals surface area contributed by atoms with Crippen molar-refractivity contribution in [3.8, 4) is 40.6 Å². The number of phenols is 6. The summed E-state index contributed by atoms with van der Waals surface area (Å²) in [5.74, 6) is -0.145. The number of nitrogens with one attached hydrogen (secondary N) is 1. The normalized spacial score (nSPS) is 12.1. The highest BCUT2D eigenvalue weighted by Crippen LogP contribution is 2.36. The number of hydrogen-bond donors (Lipinski definition) is 11. The maximum Gasteiger partial charge on any atom is 0.325 e. The molecule has 0 heterocycles. The molecule has 15 N–H and O–H groups in total. The van der Waals surface area contributed by atoms with Crippen molar-refractivity contribution in [2.24, 2.45) is 11.6 Å². The van der Waals surface area contributed by atoms with E-state index in [4.69, 9.17) is 42.4 Å². The van der Waals surface area contributed by atoms with E-state index in [1.54, 1.807) is 19.9 Å². The summed E-state index contributed by atoms with van der Waals surface area (Å²) in [4.78, 5) is 44.8. The minimum Gasteiger partial charge on any atom is -0.504 e. The average molecular weight is 747 g/mol. The molecule has 0 unspecified atom stereocenters. The number of amides is 1. The first-order valence-corrected chi connectivity index (χ1v) is 15.1. The number of nitriles is 1. The van der Waals surface area contributed by atoms with Crippen LogP contribution in [0.15, 0.2) is 54.1 Å². The zero-order valence-corrected chi connectivity index (χ0v) is 28.7. The van der Waals surface area contributed by atoms with Crippen molar-refractivity contribution in [1.82, 2.24) is 10.3 Å². The summed E-state index contributed by atoms with van der Waals surface area (Å²) < 4.78 is 0. The van der Waals surface area contributed by atoms with E-state index >= 15 is 0 Å².